The average Bonchev–Trinajstić information content (AvgIpc) is 2.17. The molecule has 0 aliphatic heterocycles. The summed E-state index contributed by atoms with van der Waals surface area (Å²) in [6, 6.07) is 0. The van der Waals surface area contributed by atoms with Gasteiger partial charge in [-0.15, -0.1) is 0 Å². The highest BCUT2D eigenvalue weighted by molar-refractivity contribution is 5.44. The van der Waals surface area contributed by atoms with Crippen molar-refractivity contribution in [3.63, 3.8) is 0 Å². The fraction of sp³-hybridized carbons (Fsp3) is 0.600. The molecule has 0 spiro atoms. The van der Waals surface area contributed by atoms with E-state index in [0.29, 0.717) is 5.92 Å². The van der Waals surface area contributed by atoms with Crippen LogP contribution in [0.2, 0.25) is 0 Å². The first-order chi connectivity index (χ1) is 7.40. The summed E-state index contributed by atoms with van der Waals surface area (Å²) in [6.07, 6.45) is 7.91. The van der Waals surface area contributed by atoms with Gasteiger partial charge >= 0.3 is 0 Å². The van der Waals surface area contributed by atoms with Crippen LogP contribution in [0.25, 0.3) is 0 Å². The molecule has 1 heteroatoms. The standard InChI is InChI=1S/C15H25N/c1-7-13(15(3,4)5)12-10-11(2)8-9-14(12)16-6/h7-9,11,16H,10H2,1-6H3/b13-7+. The van der Waals surface area contributed by atoms with Gasteiger partial charge in [0.25, 0.3) is 0 Å². The van der Waals surface area contributed by atoms with Crippen molar-refractivity contribution >= 4 is 0 Å². The van der Waals surface area contributed by atoms with E-state index in [1.807, 2.05) is 7.05 Å². The van der Waals surface area contributed by atoms with Crippen molar-refractivity contribution in [1.82, 2.24) is 5.32 Å². The van der Waals surface area contributed by atoms with E-state index in [0.717, 1.165) is 6.42 Å². The average molecular weight is 219 g/mol. The zero-order valence-electron chi connectivity index (χ0n) is 11.5. The molecule has 0 heterocycles. The Kier molecular flexibility index (Phi) is 4.01. The van der Waals surface area contributed by atoms with Crippen molar-refractivity contribution < 1.29 is 0 Å². The predicted octanol–water partition coefficient (Wildman–Crippen LogP) is 4.05. The van der Waals surface area contributed by atoms with Gasteiger partial charge in [0.05, 0.1) is 0 Å². The topological polar surface area (TPSA) is 12.0 Å². The molecule has 1 aliphatic rings. The van der Waals surface area contributed by atoms with Crippen molar-refractivity contribution in [2.24, 2.45) is 11.3 Å². The number of hydrogen-bond donors (Lipinski definition) is 1. The van der Waals surface area contributed by atoms with Crippen molar-refractivity contribution in [2.45, 2.75) is 41.0 Å². The molecule has 0 radical (unpaired) electrons. The summed E-state index contributed by atoms with van der Waals surface area (Å²) < 4.78 is 0. The minimum atomic E-state index is 0.219. The highest BCUT2D eigenvalue weighted by Gasteiger charge is 2.24. The van der Waals surface area contributed by atoms with Crippen LogP contribution in [-0.2, 0) is 0 Å². The van der Waals surface area contributed by atoms with Crippen LogP contribution in [0.5, 0.6) is 0 Å². The maximum absolute atomic E-state index is 3.31. The number of hydrogen-bond acceptors (Lipinski definition) is 1. The largest absolute Gasteiger partial charge is 0.388 e. The molecule has 1 atom stereocenters. The smallest absolute Gasteiger partial charge is 0.0370 e. The van der Waals surface area contributed by atoms with Crippen LogP contribution in [0, 0.1) is 11.3 Å². The molecule has 1 nitrogen and oxygen atoms in total. The molecule has 0 amide bonds. The molecule has 0 saturated carbocycles. The van der Waals surface area contributed by atoms with Gasteiger partial charge in [-0.05, 0) is 41.9 Å². The first-order valence-corrected chi connectivity index (χ1v) is 6.16. The number of likely N-dealkylation sites (N-methyl/N-ethyl adjacent to an activating group) is 1. The Bertz CT molecular complexity index is 337. The monoisotopic (exact) mass is 219 g/mol. The van der Waals surface area contributed by atoms with E-state index in [4.69, 9.17) is 0 Å². The van der Waals surface area contributed by atoms with Crippen LogP contribution in [-0.4, -0.2) is 7.05 Å². The first-order valence-electron chi connectivity index (χ1n) is 6.16. The van der Waals surface area contributed by atoms with E-state index in [2.05, 4.69) is 58.2 Å². The lowest BCUT2D eigenvalue weighted by molar-refractivity contribution is 0.497. The number of allylic oxidation sites excluding steroid dienone is 5. The highest BCUT2D eigenvalue weighted by atomic mass is 14.8. The maximum Gasteiger partial charge on any atom is 0.0370 e. The second-order valence-electron chi connectivity index (χ2n) is 5.64. The third kappa shape index (κ3) is 2.78. The third-order valence-electron chi connectivity index (χ3n) is 3.13. The van der Waals surface area contributed by atoms with E-state index in [9.17, 15) is 0 Å². The second-order valence-corrected chi connectivity index (χ2v) is 5.64. The summed E-state index contributed by atoms with van der Waals surface area (Å²) in [4.78, 5) is 0. The Hall–Kier alpha value is -0.980. The molecule has 0 saturated heterocycles. The predicted molar refractivity (Wildman–Crippen MR) is 72.2 cm³/mol. The quantitative estimate of drug-likeness (QED) is 0.739. The van der Waals surface area contributed by atoms with Crippen molar-refractivity contribution in [3.8, 4) is 0 Å². The lowest BCUT2D eigenvalue weighted by atomic mass is 9.77. The summed E-state index contributed by atoms with van der Waals surface area (Å²) in [7, 11) is 2.01. The molecule has 1 N–H and O–H groups in total. The van der Waals surface area contributed by atoms with E-state index in [1.165, 1.54) is 16.8 Å². The number of nitrogens with one attached hydrogen (secondary N) is 1. The molecule has 0 aromatic rings. The van der Waals surface area contributed by atoms with Crippen molar-refractivity contribution in [2.75, 3.05) is 7.05 Å². The second kappa shape index (κ2) is 4.90. The summed E-state index contributed by atoms with van der Waals surface area (Å²) in [5, 5.41) is 3.31. The molecule has 90 valence electrons. The Labute approximate surface area is 100 Å². The van der Waals surface area contributed by atoms with Gasteiger partial charge in [-0.25, -0.2) is 0 Å². The lowest BCUT2D eigenvalue weighted by Gasteiger charge is -2.30. The van der Waals surface area contributed by atoms with Gasteiger partial charge in [-0.2, -0.15) is 0 Å². The van der Waals surface area contributed by atoms with Gasteiger partial charge in [0.1, 0.15) is 0 Å². The highest BCUT2D eigenvalue weighted by Crippen LogP contribution is 2.37. The minimum absolute atomic E-state index is 0.219. The van der Waals surface area contributed by atoms with Crippen LogP contribution in [0.4, 0.5) is 0 Å². The van der Waals surface area contributed by atoms with Gasteiger partial charge in [0, 0.05) is 12.7 Å². The maximum atomic E-state index is 3.31. The summed E-state index contributed by atoms with van der Waals surface area (Å²) >= 11 is 0. The molecule has 16 heavy (non-hydrogen) atoms. The zero-order valence-corrected chi connectivity index (χ0v) is 11.5. The van der Waals surface area contributed by atoms with E-state index < -0.39 is 0 Å². The van der Waals surface area contributed by atoms with Gasteiger partial charge in [0.2, 0.25) is 0 Å². The van der Waals surface area contributed by atoms with Gasteiger partial charge < -0.3 is 5.32 Å². The number of rotatable bonds is 2. The SMILES string of the molecule is C/C=C(\C1=C(NC)C=CC(C)C1)C(C)(C)C. The Balaban J connectivity index is 3.17. The van der Waals surface area contributed by atoms with E-state index in [1.54, 1.807) is 0 Å². The molecule has 0 bridgehead atoms. The fourth-order valence-corrected chi connectivity index (χ4v) is 2.41. The summed E-state index contributed by atoms with van der Waals surface area (Å²) in [5.74, 6) is 0.643. The lowest BCUT2D eigenvalue weighted by Crippen LogP contribution is -2.19. The fourth-order valence-electron chi connectivity index (χ4n) is 2.41. The summed E-state index contributed by atoms with van der Waals surface area (Å²) in [5.41, 5.74) is 4.44. The molecular formula is C15H25N. The molecule has 0 fully saturated rings. The third-order valence-corrected chi connectivity index (χ3v) is 3.13. The normalized spacial score (nSPS) is 22.6. The van der Waals surface area contributed by atoms with Crippen molar-refractivity contribution in [1.29, 1.82) is 0 Å². The molecule has 0 aromatic carbocycles. The Morgan fingerprint density at radius 1 is 1.44 bits per heavy atom. The van der Waals surface area contributed by atoms with Gasteiger partial charge in [-0.3, -0.25) is 0 Å². The van der Waals surface area contributed by atoms with Crippen LogP contribution in [0.1, 0.15) is 41.0 Å². The molecule has 1 unspecified atom stereocenters. The Morgan fingerprint density at radius 2 is 2.06 bits per heavy atom. The molecular weight excluding hydrogens is 194 g/mol. The Morgan fingerprint density at radius 3 is 2.50 bits per heavy atom. The van der Waals surface area contributed by atoms with Crippen LogP contribution in [0.15, 0.2) is 35.1 Å². The molecule has 0 aromatic heterocycles. The minimum Gasteiger partial charge on any atom is -0.388 e. The van der Waals surface area contributed by atoms with Crippen molar-refractivity contribution in [3.05, 3.63) is 35.1 Å². The van der Waals surface area contributed by atoms with E-state index in [-0.39, 0.29) is 5.41 Å². The van der Waals surface area contributed by atoms with E-state index >= 15 is 0 Å². The van der Waals surface area contributed by atoms with Crippen LogP contribution < -0.4 is 5.32 Å². The van der Waals surface area contributed by atoms with Crippen LogP contribution >= 0.6 is 0 Å². The summed E-state index contributed by atoms with van der Waals surface area (Å²) in [6.45, 7) is 11.3. The molecule has 1 rings (SSSR count). The van der Waals surface area contributed by atoms with Gasteiger partial charge in [0.15, 0.2) is 0 Å². The molecule has 1 aliphatic carbocycles. The van der Waals surface area contributed by atoms with Gasteiger partial charge in [-0.1, -0.05) is 39.8 Å². The first kappa shape index (κ1) is 13.1. The van der Waals surface area contributed by atoms with Crippen LogP contribution in [0.3, 0.4) is 0 Å². The zero-order chi connectivity index (χ0) is 12.3.